The lowest BCUT2D eigenvalue weighted by molar-refractivity contribution is 0.102. The molecule has 5 aromatic rings. The van der Waals surface area contributed by atoms with E-state index >= 15 is 0 Å². The largest absolute Gasteiger partial charge is 0.337 e. The van der Waals surface area contributed by atoms with E-state index in [4.69, 9.17) is 5.10 Å². The van der Waals surface area contributed by atoms with Crippen LogP contribution >= 0.6 is 0 Å². The maximum Gasteiger partial charge on any atom is 0.262 e. The van der Waals surface area contributed by atoms with Crippen molar-refractivity contribution in [2.45, 2.75) is 37.6 Å². The lowest BCUT2D eigenvalue weighted by atomic mass is 9.95. The standard InChI is InChI=1S/C27H29N9O3S/c1-18-5-7-21(8-6-18)36-24(31-27(37)22-16-29-35-12-4-11-28-26(22)35)15-23(32-36)20-9-13-34(14-10-20)40(38,39)25-17-33(3)19(2)30-25/h4-8,11-12,15-17,20H,9-10,13-14H2,1-3H3,(H,31,37). The summed E-state index contributed by atoms with van der Waals surface area (Å²) in [6.45, 7) is 4.50. The number of carbonyl (C=O) groups excluding carboxylic acids is 1. The Morgan fingerprint density at radius 3 is 2.55 bits per heavy atom. The van der Waals surface area contributed by atoms with Crippen LogP contribution < -0.4 is 5.32 Å². The molecule has 1 fully saturated rings. The molecule has 12 nitrogen and oxygen atoms in total. The Morgan fingerprint density at radius 2 is 1.85 bits per heavy atom. The topological polar surface area (TPSA) is 132 Å². The average Bonchev–Trinajstić information content (AvgIpc) is 3.66. The van der Waals surface area contributed by atoms with Crippen LogP contribution in [-0.2, 0) is 17.1 Å². The number of fused-ring (bicyclic) bond motifs is 1. The Bertz CT molecular complexity index is 1790. The number of carbonyl (C=O) groups is 1. The fourth-order valence-corrected chi connectivity index (χ4v) is 6.41. The molecule has 0 aliphatic carbocycles. The summed E-state index contributed by atoms with van der Waals surface area (Å²) in [4.78, 5) is 21.8. The van der Waals surface area contributed by atoms with Gasteiger partial charge in [0, 0.05) is 50.7 Å². The monoisotopic (exact) mass is 559 g/mol. The summed E-state index contributed by atoms with van der Waals surface area (Å²) in [5.41, 5.74) is 3.51. The van der Waals surface area contributed by atoms with E-state index in [-0.39, 0.29) is 16.9 Å². The van der Waals surface area contributed by atoms with Crippen LogP contribution in [0.25, 0.3) is 11.3 Å². The van der Waals surface area contributed by atoms with Crippen molar-refractivity contribution in [1.29, 1.82) is 0 Å². The number of hydrogen-bond acceptors (Lipinski definition) is 7. The first kappa shape index (κ1) is 25.9. The first-order chi connectivity index (χ1) is 19.2. The highest BCUT2D eigenvalue weighted by Crippen LogP contribution is 2.32. The van der Waals surface area contributed by atoms with E-state index in [0.717, 1.165) is 16.9 Å². The highest BCUT2D eigenvalue weighted by molar-refractivity contribution is 7.89. The van der Waals surface area contributed by atoms with Crippen LogP contribution in [0.3, 0.4) is 0 Å². The van der Waals surface area contributed by atoms with Crippen LogP contribution in [-0.4, -0.2) is 65.6 Å². The summed E-state index contributed by atoms with van der Waals surface area (Å²) in [6.07, 6.45) is 7.58. The second kappa shape index (κ2) is 9.99. The lowest BCUT2D eigenvalue weighted by Gasteiger charge is -2.29. The molecule has 1 aliphatic heterocycles. The molecular weight excluding hydrogens is 530 g/mol. The third-order valence-corrected chi connectivity index (χ3v) is 9.11. The van der Waals surface area contributed by atoms with Crippen LogP contribution in [0.1, 0.15) is 46.2 Å². The van der Waals surface area contributed by atoms with E-state index < -0.39 is 10.0 Å². The lowest BCUT2D eigenvalue weighted by Crippen LogP contribution is -2.38. The molecule has 0 bridgehead atoms. The van der Waals surface area contributed by atoms with Gasteiger partial charge in [-0.05, 0) is 44.9 Å². The molecule has 0 saturated carbocycles. The predicted octanol–water partition coefficient (Wildman–Crippen LogP) is 3.09. The van der Waals surface area contributed by atoms with E-state index in [1.807, 2.05) is 37.3 Å². The van der Waals surface area contributed by atoms with Gasteiger partial charge in [-0.2, -0.15) is 14.5 Å². The Balaban J connectivity index is 1.26. The number of hydrogen-bond donors (Lipinski definition) is 1. The van der Waals surface area contributed by atoms with Gasteiger partial charge >= 0.3 is 0 Å². The van der Waals surface area contributed by atoms with E-state index in [1.165, 1.54) is 10.5 Å². The molecule has 4 aromatic heterocycles. The van der Waals surface area contributed by atoms with Crippen molar-refractivity contribution in [1.82, 2.24) is 38.2 Å². The van der Waals surface area contributed by atoms with Gasteiger partial charge in [0.1, 0.15) is 17.2 Å². The third-order valence-electron chi connectivity index (χ3n) is 7.34. The fraction of sp³-hybridized carbons (Fsp3) is 0.296. The first-order valence-corrected chi connectivity index (χ1v) is 14.4. The van der Waals surface area contributed by atoms with Crippen molar-refractivity contribution in [3.63, 3.8) is 0 Å². The SMILES string of the molecule is Cc1ccc(-n2nc(C3CCN(S(=O)(=O)c4cn(C)c(C)n4)CC3)cc2NC(=O)c2cnn3cccnc23)cc1. The van der Waals surface area contributed by atoms with Crippen molar-refractivity contribution < 1.29 is 13.2 Å². The minimum Gasteiger partial charge on any atom is -0.337 e. The summed E-state index contributed by atoms with van der Waals surface area (Å²) < 4.78 is 32.8. The third kappa shape index (κ3) is 4.67. The number of anilines is 1. The smallest absolute Gasteiger partial charge is 0.262 e. The Morgan fingerprint density at radius 1 is 1.10 bits per heavy atom. The molecule has 13 heteroatoms. The van der Waals surface area contributed by atoms with Crippen molar-refractivity contribution in [3.05, 3.63) is 83.8 Å². The summed E-state index contributed by atoms with van der Waals surface area (Å²) in [5, 5.41) is 12.2. The van der Waals surface area contributed by atoms with Crippen molar-refractivity contribution in [3.8, 4) is 5.69 Å². The highest BCUT2D eigenvalue weighted by atomic mass is 32.2. The molecule has 40 heavy (non-hydrogen) atoms. The van der Waals surface area contributed by atoms with Gasteiger partial charge in [-0.1, -0.05) is 17.7 Å². The molecule has 6 rings (SSSR count). The van der Waals surface area contributed by atoms with Crippen molar-refractivity contribution in [2.24, 2.45) is 7.05 Å². The molecule has 1 N–H and O–H groups in total. The second-order valence-corrected chi connectivity index (χ2v) is 11.9. The normalized spacial score (nSPS) is 15.1. The predicted molar refractivity (Wildman–Crippen MR) is 148 cm³/mol. The van der Waals surface area contributed by atoms with Crippen molar-refractivity contribution in [2.75, 3.05) is 18.4 Å². The van der Waals surface area contributed by atoms with Crippen LogP contribution in [0.15, 0.2) is 66.2 Å². The zero-order chi connectivity index (χ0) is 28.0. The molecule has 1 amide bonds. The van der Waals surface area contributed by atoms with Crippen molar-refractivity contribution >= 4 is 27.4 Å². The Hall–Kier alpha value is -4.36. The highest BCUT2D eigenvalue weighted by Gasteiger charge is 2.33. The molecular formula is C27H29N9O3S. The maximum atomic E-state index is 13.3. The molecule has 0 radical (unpaired) electrons. The quantitative estimate of drug-likeness (QED) is 0.338. The van der Waals surface area contributed by atoms with E-state index in [0.29, 0.717) is 48.8 Å². The van der Waals surface area contributed by atoms with Gasteiger partial charge in [-0.25, -0.2) is 27.6 Å². The number of amides is 1. The molecule has 0 atom stereocenters. The number of nitrogens with zero attached hydrogens (tertiary/aromatic N) is 8. The Labute approximate surface area is 231 Å². The first-order valence-electron chi connectivity index (χ1n) is 13.0. The number of aromatic nitrogens is 7. The van der Waals surface area contributed by atoms with Gasteiger partial charge in [0.2, 0.25) is 0 Å². The van der Waals surface area contributed by atoms with Gasteiger partial charge in [0.05, 0.1) is 17.6 Å². The molecule has 206 valence electrons. The van der Waals surface area contributed by atoms with Crippen LogP contribution in [0.2, 0.25) is 0 Å². The number of benzene rings is 1. The number of aryl methyl sites for hydroxylation is 3. The Kier molecular flexibility index (Phi) is 6.47. The number of piperidine rings is 1. The minimum atomic E-state index is -3.67. The van der Waals surface area contributed by atoms with E-state index in [1.54, 1.807) is 52.4 Å². The second-order valence-electron chi connectivity index (χ2n) is 10.0. The summed E-state index contributed by atoms with van der Waals surface area (Å²) in [5.74, 6) is 0.834. The average molecular weight is 560 g/mol. The van der Waals surface area contributed by atoms with Gasteiger partial charge in [-0.15, -0.1) is 0 Å². The minimum absolute atomic E-state index is 0.0258. The van der Waals surface area contributed by atoms with Gasteiger partial charge in [0.15, 0.2) is 10.7 Å². The van der Waals surface area contributed by atoms with Crippen LogP contribution in [0, 0.1) is 13.8 Å². The summed E-state index contributed by atoms with van der Waals surface area (Å²) in [6, 6.07) is 11.5. The summed E-state index contributed by atoms with van der Waals surface area (Å²) in [7, 11) is -1.90. The molecule has 1 aliphatic rings. The van der Waals surface area contributed by atoms with Gasteiger partial charge < -0.3 is 9.88 Å². The number of rotatable bonds is 6. The van der Waals surface area contributed by atoms with Crippen LogP contribution in [0.4, 0.5) is 5.82 Å². The fourth-order valence-electron chi connectivity index (χ4n) is 4.92. The van der Waals surface area contributed by atoms with E-state index in [9.17, 15) is 13.2 Å². The molecule has 1 aromatic carbocycles. The van der Waals surface area contributed by atoms with Gasteiger partial charge in [0.25, 0.3) is 15.9 Å². The maximum absolute atomic E-state index is 13.3. The van der Waals surface area contributed by atoms with Crippen LogP contribution in [0.5, 0.6) is 0 Å². The zero-order valence-electron chi connectivity index (χ0n) is 22.4. The number of sulfonamides is 1. The summed E-state index contributed by atoms with van der Waals surface area (Å²) >= 11 is 0. The molecule has 0 spiro atoms. The number of nitrogens with one attached hydrogen (secondary N) is 1. The zero-order valence-corrected chi connectivity index (χ0v) is 23.2. The number of imidazole rings is 1. The molecule has 5 heterocycles. The molecule has 0 unspecified atom stereocenters. The molecule has 1 saturated heterocycles. The van der Waals surface area contributed by atoms with E-state index in [2.05, 4.69) is 20.4 Å². The van der Waals surface area contributed by atoms with Gasteiger partial charge in [-0.3, -0.25) is 4.79 Å².